The first-order valence-corrected chi connectivity index (χ1v) is 10.1. The Morgan fingerprint density at radius 2 is 2.11 bits per heavy atom. The summed E-state index contributed by atoms with van der Waals surface area (Å²) in [5, 5.41) is 9.98. The van der Waals surface area contributed by atoms with E-state index in [1.165, 1.54) is 0 Å². The summed E-state index contributed by atoms with van der Waals surface area (Å²) in [6, 6.07) is 5.90. The van der Waals surface area contributed by atoms with Crippen LogP contribution in [0.3, 0.4) is 0 Å². The van der Waals surface area contributed by atoms with E-state index in [9.17, 15) is 9.90 Å². The third kappa shape index (κ3) is 5.57. The lowest BCUT2D eigenvalue weighted by Crippen LogP contribution is -2.45. The van der Waals surface area contributed by atoms with Crippen LogP contribution in [-0.2, 0) is 16.1 Å². The van der Waals surface area contributed by atoms with Crippen molar-refractivity contribution in [2.24, 2.45) is 5.92 Å². The predicted molar refractivity (Wildman–Crippen MR) is 104 cm³/mol. The molecule has 0 bridgehead atoms. The number of hydrogen-bond donors (Lipinski definition) is 1. The number of carboxylic acids is 1. The van der Waals surface area contributed by atoms with Crippen molar-refractivity contribution in [3.05, 3.63) is 28.8 Å². The van der Waals surface area contributed by atoms with Crippen LogP contribution in [0.4, 0.5) is 0 Å². The van der Waals surface area contributed by atoms with Crippen LogP contribution < -0.4 is 4.74 Å². The first kappa shape index (κ1) is 20.4. The van der Waals surface area contributed by atoms with Gasteiger partial charge in [-0.25, -0.2) is 0 Å². The van der Waals surface area contributed by atoms with Crippen LogP contribution >= 0.6 is 11.6 Å². The highest BCUT2D eigenvalue weighted by molar-refractivity contribution is 6.32. The highest BCUT2D eigenvalue weighted by atomic mass is 35.5. The number of likely N-dealkylation sites (tertiary alicyclic amines) is 1. The van der Waals surface area contributed by atoms with Crippen LogP contribution in [0.25, 0.3) is 0 Å². The molecule has 2 aliphatic heterocycles. The third-order valence-electron chi connectivity index (χ3n) is 5.59. The second-order valence-electron chi connectivity index (χ2n) is 7.37. The maximum atomic E-state index is 11.4. The lowest BCUT2D eigenvalue weighted by molar-refractivity contribution is -0.145. The number of nitrogens with zero attached hydrogens (tertiary/aromatic N) is 2. The molecular weight excluding hydrogens is 368 g/mol. The minimum absolute atomic E-state index is 0.0273. The molecule has 2 atom stereocenters. The summed E-state index contributed by atoms with van der Waals surface area (Å²) in [5.41, 5.74) is 1.08. The van der Waals surface area contributed by atoms with Gasteiger partial charge in [-0.2, -0.15) is 0 Å². The van der Waals surface area contributed by atoms with Crippen molar-refractivity contribution in [2.75, 3.05) is 46.0 Å². The SMILES string of the molecule is C[C@@H]1[C@H](C(=O)O)CCCN1Cc1ccc(OCCN2CCOCC2)c(Cl)c1. The fourth-order valence-corrected chi connectivity index (χ4v) is 4.13. The van der Waals surface area contributed by atoms with E-state index in [1.807, 2.05) is 25.1 Å². The fraction of sp³-hybridized carbons (Fsp3) is 0.650. The summed E-state index contributed by atoms with van der Waals surface area (Å²) < 4.78 is 11.2. The number of halogens is 1. The van der Waals surface area contributed by atoms with Gasteiger partial charge >= 0.3 is 5.97 Å². The van der Waals surface area contributed by atoms with Crippen molar-refractivity contribution < 1.29 is 19.4 Å². The van der Waals surface area contributed by atoms with Gasteiger partial charge in [0.25, 0.3) is 0 Å². The molecule has 2 fully saturated rings. The average Bonchev–Trinajstić information content (AvgIpc) is 2.66. The van der Waals surface area contributed by atoms with Gasteiger partial charge in [0, 0.05) is 32.2 Å². The molecule has 0 spiro atoms. The number of rotatable bonds is 7. The zero-order chi connectivity index (χ0) is 19.2. The second-order valence-corrected chi connectivity index (χ2v) is 7.77. The predicted octanol–water partition coefficient (Wildman–Crippen LogP) is 2.74. The average molecular weight is 397 g/mol. The highest BCUT2D eigenvalue weighted by Gasteiger charge is 2.32. The Labute approximate surface area is 166 Å². The Hall–Kier alpha value is -1.34. The van der Waals surface area contributed by atoms with Gasteiger partial charge in [-0.15, -0.1) is 0 Å². The van der Waals surface area contributed by atoms with Crippen molar-refractivity contribution >= 4 is 17.6 Å². The fourth-order valence-electron chi connectivity index (χ4n) is 3.87. The van der Waals surface area contributed by atoms with E-state index >= 15 is 0 Å². The van der Waals surface area contributed by atoms with Gasteiger partial charge in [0.1, 0.15) is 12.4 Å². The molecular formula is C20H29ClN2O4. The molecule has 7 heteroatoms. The summed E-state index contributed by atoms with van der Waals surface area (Å²) in [6.45, 7) is 8.55. The van der Waals surface area contributed by atoms with Crippen molar-refractivity contribution in [2.45, 2.75) is 32.4 Å². The van der Waals surface area contributed by atoms with E-state index in [1.54, 1.807) is 0 Å². The molecule has 0 radical (unpaired) electrons. The van der Waals surface area contributed by atoms with Crippen molar-refractivity contribution in [3.8, 4) is 5.75 Å². The first-order chi connectivity index (χ1) is 13.0. The second kappa shape index (κ2) is 9.73. The monoisotopic (exact) mass is 396 g/mol. The zero-order valence-corrected chi connectivity index (χ0v) is 16.7. The van der Waals surface area contributed by atoms with Crippen LogP contribution in [0.15, 0.2) is 18.2 Å². The number of hydrogen-bond acceptors (Lipinski definition) is 5. The van der Waals surface area contributed by atoms with Gasteiger partial charge in [0.15, 0.2) is 0 Å². The number of aliphatic carboxylic acids is 1. The molecule has 3 rings (SSSR count). The van der Waals surface area contributed by atoms with E-state index in [-0.39, 0.29) is 12.0 Å². The molecule has 6 nitrogen and oxygen atoms in total. The third-order valence-corrected chi connectivity index (χ3v) is 5.88. The number of carboxylic acid groups (broad SMARTS) is 1. The van der Waals surface area contributed by atoms with Gasteiger partial charge in [-0.05, 0) is 44.0 Å². The van der Waals surface area contributed by atoms with Gasteiger partial charge in [0.2, 0.25) is 0 Å². The summed E-state index contributed by atoms with van der Waals surface area (Å²) in [5.74, 6) is -0.296. The standard InChI is InChI=1S/C20H29ClN2O4/c1-15-17(20(24)25)3-2-6-23(15)14-16-4-5-19(18(21)13-16)27-12-9-22-7-10-26-11-8-22/h4-5,13,15,17H,2-3,6-12,14H2,1H3,(H,24,25)/t15-,17-/m1/s1. The van der Waals surface area contributed by atoms with E-state index in [4.69, 9.17) is 21.1 Å². The largest absolute Gasteiger partial charge is 0.491 e. The molecule has 0 unspecified atom stereocenters. The Kier molecular flexibility index (Phi) is 7.35. The topological polar surface area (TPSA) is 62.2 Å². The molecule has 0 aromatic heterocycles. The lowest BCUT2D eigenvalue weighted by atomic mass is 9.90. The molecule has 2 heterocycles. The molecule has 0 aliphatic carbocycles. The molecule has 1 aromatic rings. The molecule has 0 amide bonds. The summed E-state index contributed by atoms with van der Waals surface area (Å²) in [6.07, 6.45) is 1.67. The molecule has 2 aliphatic rings. The van der Waals surface area contributed by atoms with Crippen molar-refractivity contribution in [1.82, 2.24) is 9.80 Å². The quantitative estimate of drug-likeness (QED) is 0.764. The van der Waals surface area contributed by atoms with Gasteiger partial charge in [-0.3, -0.25) is 14.6 Å². The Bertz CT molecular complexity index is 636. The van der Waals surface area contributed by atoms with Crippen LogP contribution in [0, 0.1) is 5.92 Å². The molecule has 1 aromatic carbocycles. The maximum Gasteiger partial charge on any atom is 0.308 e. The van der Waals surface area contributed by atoms with E-state index in [0.717, 1.165) is 57.8 Å². The number of morpholine rings is 1. The van der Waals surface area contributed by atoms with Gasteiger partial charge in [0.05, 0.1) is 24.2 Å². The molecule has 0 saturated carbocycles. The number of ether oxygens (including phenoxy) is 2. The normalized spacial score (nSPS) is 24.7. The van der Waals surface area contributed by atoms with Crippen LogP contribution in [0.1, 0.15) is 25.3 Å². The van der Waals surface area contributed by atoms with Crippen LogP contribution in [-0.4, -0.2) is 72.9 Å². The van der Waals surface area contributed by atoms with Crippen molar-refractivity contribution in [3.63, 3.8) is 0 Å². The van der Waals surface area contributed by atoms with Crippen molar-refractivity contribution in [1.29, 1.82) is 0 Å². The summed E-state index contributed by atoms with van der Waals surface area (Å²) >= 11 is 6.41. The molecule has 2 saturated heterocycles. The maximum absolute atomic E-state index is 11.4. The molecule has 1 N–H and O–H groups in total. The van der Waals surface area contributed by atoms with E-state index in [2.05, 4.69) is 9.80 Å². The minimum atomic E-state index is -0.700. The summed E-state index contributed by atoms with van der Waals surface area (Å²) in [7, 11) is 0. The number of carbonyl (C=O) groups is 1. The Balaban J connectivity index is 1.52. The molecule has 150 valence electrons. The highest BCUT2D eigenvalue weighted by Crippen LogP contribution is 2.29. The zero-order valence-electron chi connectivity index (χ0n) is 15.9. The molecule has 27 heavy (non-hydrogen) atoms. The van der Waals surface area contributed by atoms with Gasteiger partial charge < -0.3 is 14.6 Å². The van der Waals surface area contributed by atoms with Crippen LogP contribution in [0.2, 0.25) is 5.02 Å². The number of benzene rings is 1. The Morgan fingerprint density at radius 3 is 2.81 bits per heavy atom. The lowest BCUT2D eigenvalue weighted by Gasteiger charge is -2.37. The number of piperidine rings is 1. The summed E-state index contributed by atoms with van der Waals surface area (Å²) in [4.78, 5) is 16.0. The van der Waals surface area contributed by atoms with E-state index < -0.39 is 5.97 Å². The smallest absolute Gasteiger partial charge is 0.308 e. The van der Waals surface area contributed by atoms with Crippen LogP contribution in [0.5, 0.6) is 5.75 Å². The first-order valence-electron chi connectivity index (χ1n) is 9.73. The minimum Gasteiger partial charge on any atom is -0.491 e. The van der Waals surface area contributed by atoms with Gasteiger partial charge in [-0.1, -0.05) is 17.7 Å². The van der Waals surface area contributed by atoms with E-state index in [0.29, 0.717) is 23.9 Å². The Morgan fingerprint density at radius 1 is 1.33 bits per heavy atom.